The number of hydrogen-bond donors (Lipinski definition) is 1. The van der Waals surface area contributed by atoms with Gasteiger partial charge in [-0.3, -0.25) is 0 Å². The fraction of sp³-hybridized carbons (Fsp3) is 0.286. The summed E-state index contributed by atoms with van der Waals surface area (Å²) in [6.07, 6.45) is 7.78. The molecular weight excluding hydrogens is 318 g/mol. The number of imidazole rings is 2. The largest absolute Gasteiger partial charge is 0.369 e. The van der Waals surface area contributed by atoms with Crippen molar-refractivity contribution in [2.45, 2.75) is 25.9 Å². The minimum atomic E-state index is 0.584. The predicted molar refractivity (Wildman–Crippen MR) is 83.3 cm³/mol. The number of nitrogen functional groups attached to an aromatic ring is 1. The highest BCUT2D eigenvalue weighted by Gasteiger charge is 2.07. The normalized spacial score (nSPS) is 11.2. The third-order valence-corrected chi connectivity index (χ3v) is 3.84. The van der Waals surface area contributed by atoms with E-state index >= 15 is 0 Å². The van der Waals surface area contributed by atoms with Crippen LogP contribution < -0.4 is 5.73 Å². The van der Waals surface area contributed by atoms with E-state index in [-0.39, 0.29) is 0 Å². The summed E-state index contributed by atoms with van der Waals surface area (Å²) in [4.78, 5) is 8.44. The van der Waals surface area contributed by atoms with Crippen molar-refractivity contribution in [3.05, 3.63) is 41.4 Å². The zero-order valence-electron chi connectivity index (χ0n) is 11.0. The van der Waals surface area contributed by atoms with Crippen LogP contribution in [-0.2, 0) is 13.1 Å². The number of halogens is 1. The Morgan fingerprint density at radius 1 is 1.20 bits per heavy atom. The molecule has 0 spiro atoms. The summed E-state index contributed by atoms with van der Waals surface area (Å²) in [6.45, 7) is 1.87. The van der Waals surface area contributed by atoms with Crippen LogP contribution in [0, 0.1) is 0 Å². The van der Waals surface area contributed by atoms with Gasteiger partial charge in [-0.15, -0.1) is 0 Å². The molecule has 2 heterocycles. The van der Waals surface area contributed by atoms with Gasteiger partial charge in [0.1, 0.15) is 0 Å². The molecule has 1 aromatic carbocycles. The molecule has 0 aliphatic rings. The summed E-state index contributed by atoms with van der Waals surface area (Å²) in [5.74, 6) is 0.584. The first-order valence-electron chi connectivity index (χ1n) is 6.61. The van der Waals surface area contributed by atoms with Crippen molar-refractivity contribution in [3.8, 4) is 0 Å². The second-order valence-corrected chi connectivity index (χ2v) is 5.68. The van der Waals surface area contributed by atoms with Crippen LogP contribution in [0.25, 0.3) is 11.0 Å². The van der Waals surface area contributed by atoms with Gasteiger partial charge >= 0.3 is 0 Å². The van der Waals surface area contributed by atoms with Crippen LogP contribution in [-0.4, -0.2) is 19.1 Å². The first kappa shape index (κ1) is 13.2. The van der Waals surface area contributed by atoms with Gasteiger partial charge in [0, 0.05) is 30.0 Å². The Morgan fingerprint density at radius 2 is 2.05 bits per heavy atom. The molecule has 0 bridgehead atoms. The number of hydrogen-bond acceptors (Lipinski definition) is 3. The van der Waals surface area contributed by atoms with Crippen LogP contribution in [0.2, 0.25) is 0 Å². The van der Waals surface area contributed by atoms with Gasteiger partial charge in [-0.25, -0.2) is 9.97 Å². The van der Waals surface area contributed by atoms with E-state index < -0.39 is 0 Å². The topological polar surface area (TPSA) is 61.7 Å². The number of anilines is 1. The van der Waals surface area contributed by atoms with Crippen LogP contribution in [0.4, 0.5) is 5.95 Å². The van der Waals surface area contributed by atoms with Crippen molar-refractivity contribution in [3.63, 3.8) is 0 Å². The maximum absolute atomic E-state index is 6.00. The second-order valence-electron chi connectivity index (χ2n) is 4.76. The summed E-state index contributed by atoms with van der Waals surface area (Å²) < 4.78 is 5.19. The molecule has 2 aromatic heterocycles. The maximum Gasteiger partial charge on any atom is 0.201 e. The predicted octanol–water partition coefficient (Wildman–Crippen LogP) is 3.06. The summed E-state index contributed by atoms with van der Waals surface area (Å²) >= 11 is 3.45. The number of rotatable bonds is 5. The highest BCUT2D eigenvalue weighted by molar-refractivity contribution is 9.10. The molecule has 0 saturated carbocycles. The first-order valence-corrected chi connectivity index (χ1v) is 7.40. The standard InChI is InChI=1S/C14H16BrN5/c15-11-3-4-13-12(9-11)18-14(16)20(13)7-2-1-6-19-8-5-17-10-19/h3-5,8-10H,1-2,6-7H2,(H2,16,18). The van der Waals surface area contributed by atoms with Crippen molar-refractivity contribution in [2.24, 2.45) is 0 Å². The number of benzene rings is 1. The summed E-state index contributed by atoms with van der Waals surface area (Å²) in [7, 11) is 0. The lowest BCUT2D eigenvalue weighted by atomic mass is 10.3. The number of nitrogens with two attached hydrogens (primary N) is 1. The second kappa shape index (κ2) is 5.66. The van der Waals surface area contributed by atoms with Crippen molar-refractivity contribution in [2.75, 3.05) is 5.73 Å². The number of aryl methyl sites for hydroxylation is 2. The quantitative estimate of drug-likeness (QED) is 0.730. The summed E-state index contributed by atoms with van der Waals surface area (Å²) in [5, 5.41) is 0. The lowest BCUT2D eigenvalue weighted by molar-refractivity contribution is 0.562. The monoisotopic (exact) mass is 333 g/mol. The molecule has 0 unspecified atom stereocenters. The molecule has 0 fully saturated rings. The molecule has 0 aliphatic heterocycles. The van der Waals surface area contributed by atoms with Crippen molar-refractivity contribution >= 4 is 32.9 Å². The van der Waals surface area contributed by atoms with E-state index in [9.17, 15) is 0 Å². The Hall–Kier alpha value is -1.82. The molecule has 3 aromatic rings. The van der Waals surface area contributed by atoms with Gasteiger partial charge in [0.2, 0.25) is 5.95 Å². The lowest BCUT2D eigenvalue weighted by Gasteiger charge is -2.07. The van der Waals surface area contributed by atoms with Crippen LogP contribution in [0.1, 0.15) is 12.8 Å². The van der Waals surface area contributed by atoms with Crippen LogP contribution >= 0.6 is 15.9 Å². The minimum Gasteiger partial charge on any atom is -0.369 e. The van der Waals surface area contributed by atoms with Crippen LogP contribution in [0.3, 0.4) is 0 Å². The minimum absolute atomic E-state index is 0.584. The zero-order chi connectivity index (χ0) is 13.9. The SMILES string of the molecule is Nc1nc2cc(Br)ccc2n1CCCCn1ccnc1. The molecule has 0 saturated heterocycles. The molecule has 0 atom stereocenters. The molecule has 6 heteroatoms. The first-order chi connectivity index (χ1) is 9.74. The van der Waals surface area contributed by atoms with Gasteiger partial charge in [0.25, 0.3) is 0 Å². The van der Waals surface area contributed by atoms with E-state index in [0.717, 1.165) is 41.4 Å². The Morgan fingerprint density at radius 3 is 2.85 bits per heavy atom. The molecule has 3 rings (SSSR count). The van der Waals surface area contributed by atoms with E-state index in [2.05, 4.69) is 41.1 Å². The molecule has 20 heavy (non-hydrogen) atoms. The molecule has 5 nitrogen and oxygen atoms in total. The van der Waals surface area contributed by atoms with E-state index in [1.54, 1.807) is 6.20 Å². The van der Waals surface area contributed by atoms with E-state index in [4.69, 9.17) is 5.73 Å². The van der Waals surface area contributed by atoms with E-state index in [1.165, 1.54) is 0 Å². The van der Waals surface area contributed by atoms with E-state index in [1.807, 2.05) is 24.7 Å². The molecular formula is C14H16BrN5. The Kier molecular flexibility index (Phi) is 3.73. The van der Waals surface area contributed by atoms with Gasteiger partial charge in [0.15, 0.2) is 0 Å². The number of aromatic nitrogens is 4. The van der Waals surface area contributed by atoms with Gasteiger partial charge in [-0.05, 0) is 31.0 Å². The molecule has 0 aliphatic carbocycles. The molecule has 0 radical (unpaired) electrons. The Labute approximate surface area is 125 Å². The Balaban J connectivity index is 1.66. The highest BCUT2D eigenvalue weighted by Crippen LogP contribution is 2.22. The average molecular weight is 334 g/mol. The van der Waals surface area contributed by atoms with Crippen LogP contribution in [0.5, 0.6) is 0 Å². The summed E-state index contributed by atoms with van der Waals surface area (Å²) in [6, 6.07) is 6.07. The summed E-state index contributed by atoms with van der Waals surface area (Å²) in [5.41, 5.74) is 8.03. The number of fused-ring (bicyclic) bond motifs is 1. The highest BCUT2D eigenvalue weighted by atomic mass is 79.9. The third kappa shape index (κ3) is 2.70. The molecule has 2 N–H and O–H groups in total. The van der Waals surface area contributed by atoms with Crippen LogP contribution in [0.15, 0.2) is 41.4 Å². The fourth-order valence-electron chi connectivity index (χ4n) is 2.34. The van der Waals surface area contributed by atoms with E-state index in [0.29, 0.717) is 5.95 Å². The van der Waals surface area contributed by atoms with Gasteiger partial charge < -0.3 is 14.9 Å². The van der Waals surface area contributed by atoms with Gasteiger partial charge in [0.05, 0.1) is 17.4 Å². The Bertz CT molecular complexity index is 702. The van der Waals surface area contributed by atoms with Crippen molar-refractivity contribution in [1.82, 2.24) is 19.1 Å². The van der Waals surface area contributed by atoms with Gasteiger partial charge in [-0.1, -0.05) is 15.9 Å². The number of nitrogens with zero attached hydrogens (tertiary/aromatic N) is 4. The fourth-order valence-corrected chi connectivity index (χ4v) is 2.69. The third-order valence-electron chi connectivity index (χ3n) is 3.35. The lowest BCUT2D eigenvalue weighted by Crippen LogP contribution is -2.04. The molecule has 104 valence electrons. The average Bonchev–Trinajstić information content (AvgIpc) is 3.02. The molecule has 0 amide bonds. The van der Waals surface area contributed by atoms with Crippen molar-refractivity contribution in [1.29, 1.82) is 0 Å². The zero-order valence-corrected chi connectivity index (χ0v) is 12.6. The maximum atomic E-state index is 6.00. The van der Waals surface area contributed by atoms with Gasteiger partial charge in [-0.2, -0.15) is 0 Å². The number of unbranched alkanes of at least 4 members (excludes halogenated alkanes) is 1. The smallest absolute Gasteiger partial charge is 0.201 e. The van der Waals surface area contributed by atoms with Crippen molar-refractivity contribution < 1.29 is 0 Å².